The molecular formula is C19H23N9O5. The Bertz CT molecular complexity index is 1140. The van der Waals surface area contributed by atoms with Gasteiger partial charge in [0.05, 0.1) is 33.6 Å². The summed E-state index contributed by atoms with van der Waals surface area (Å²) >= 11 is 0. The van der Waals surface area contributed by atoms with Gasteiger partial charge in [-0.15, -0.1) is 5.10 Å². The SMILES string of the molecule is COc1ccc(/C=N\NC(=O)c2c(CN3CCOCC3)nnn2-c2nonc2N)c(OC)c1. The predicted octanol–water partition coefficient (Wildman–Crippen LogP) is -0.154. The van der Waals surface area contributed by atoms with Crippen molar-refractivity contribution in [2.45, 2.75) is 6.54 Å². The van der Waals surface area contributed by atoms with Gasteiger partial charge in [0.15, 0.2) is 5.69 Å². The summed E-state index contributed by atoms with van der Waals surface area (Å²) < 4.78 is 21.7. The number of benzene rings is 1. The molecule has 33 heavy (non-hydrogen) atoms. The highest BCUT2D eigenvalue weighted by Gasteiger charge is 2.26. The number of rotatable bonds is 8. The Kier molecular flexibility index (Phi) is 6.75. The van der Waals surface area contributed by atoms with Crippen LogP contribution in [0.15, 0.2) is 27.9 Å². The number of nitrogens with two attached hydrogens (primary N) is 1. The maximum absolute atomic E-state index is 13.1. The summed E-state index contributed by atoms with van der Waals surface area (Å²) in [6, 6.07) is 5.22. The highest BCUT2D eigenvalue weighted by atomic mass is 16.6. The molecule has 0 spiro atoms. The monoisotopic (exact) mass is 457 g/mol. The van der Waals surface area contributed by atoms with Crippen LogP contribution in [0.5, 0.6) is 11.5 Å². The fourth-order valence-electron chi connectivity index (χ4n) is 3.24. The van der Waals surface area contributed by atoms with Gasteiger partial charge in [0, 0.05) is 31.3 Å². The molecule has 0 saturated carbocycles. The van der Waals surface area contributed by atoms with Crippen molar-refractivity contribution in [1.29, 1.82) is 0 Å². The minimum Gasteiger partial charge on any atom is -0.497 e. The average Bonchev–Trinajstić information content (AvgIpc) is 3.45. The van der Waals surface area contributed by atoms with Crippen LogP contribution in [0.25, 0.3) is 5.82 Å². The number of methoxy groups -OCH3 is 2. The number of nitrogens with one attached hydrogen (secondary N) is 1. The Balaban J connectivity index is 1.58. The molecule has 1 fully saturated rings. The Labute approximate surface area is 188 Å². The third-order valence-corrected chi connectivity index (χ3v) is 4.94. The summed E-state index contributed by atoms with van der Waals surface area (Å²) in [5.41, 5.74) is 9.47. The van der Waals surface area contributed by atoms with Gasteiger partial charge in [-0.05, 0) is 22.4 Å². The summed E-state index contributed by atoms with van der Waals surface area (Å²) in [5, 5.41) is 19.5. The molecule has 174 valence electrons. The standard InChI is InChI=1S/C19H23N9O5/c1-30-13-4-3-12(15(9-13)31-2)10-21-23-19(29)16-14(11-27-5-7-32-8-6-27)22-26-28(16)18-17(20)24-33-25-18/h3-4,9-10H,5-8,11H2,1-2H3,(H2,20,24)(H,23,29)/b21-10-. The molecule has 1 aromatic carbocycles. The van der Waals surface area contributed by atoms with Crippen molar-refractivity contribution in [3.05, 3.63) is 35.2 Å². The number of amides is 1. The van der Waals surface area contributed by atoms with Gasteiger partial charge in [-0.1, -0.05) is 5.21 Å². The Morgan fingerprint density at radius 3 is 2.79 bits per heavy atom. The zero-order valence-corrected chi connectivity index (χ0v) is 18.1. The summed E-state index contributed by atoms with van der Waals surface area (Å²) in [6.45, 7) is 2.99. The van der Waals surface area contributed by atoms with Crippen LogP contribution < -0.4 is 20.6 Å². The highest BCUT2D eigenvalue weighted by Crippen LogP contribution is 2.23. The van der Waals surface area contributed by atoms with E-state index >= 15 is 0 Å². The quantitative estimate of drug-likeness (QED) is 0.341. The van der Waals surface area contributed by atoms with Gasteiger partial charge < -0.3 is 19.9 Å². The smallest absolute Gasteiger partial charge is 0.292 e. The van der Waals surface area contributed by atoms with Crippen LogP contribution in [0, 0.1) is 0 Å². The molecule has 1 amide bonds. The summed E-state index contributed by atoms with van der Waals surface area (Å²) in [6.07, 6.45) is 1.46. The number of hydrogen-bond acceptors (Lipinski definition) is 12. The van der Waals surface area contributed by atoms with Gasteiger partial charge in [0.2, 0.25) is 11.6 Å². The first-order valence-corrected chi connectivity index (χ1v) is 9.99. The van der Waals surface area contributed by atoms with Crippen LogP contribution in [0.2, 0.25) is 0 Å². The van der Waals surface area contributed by atoms with Crippen LogP contribution in [0.4, 0.5) is 5.82 Å². The minimum absolute atomic E-state index is 0.0293. The molecule has 14 nitrogen and oxygen atoms in total. The first kappa shape index (κ1) is 22.2. The number of carbonyl (C=O) groups excluding carboxylic acids is 1. The molecule has 1 aliphatic rings. The van der Waals surface area contributed by atoms with Gasteiger partial charge in [0.25, 0.3) is 5.91 Å². The zero-order chi connectivity index (χ0) is 23.2. The van der Waals surface area contributed by atoms with Gasteiger partial charge in [-0.2, -0.15) is 9.78 Å². The van der Waals surface area contributed by atoms with Crippen molar-refractivity contribution in [1.82, 2.24) is 35.6 Å². The van der Waals surface area contributed by atoms with E-state index in [0.29, 0.717) is 55.6 Å². The number of ether oxygens (including phenoxy) is 3. The lowest BCUT2D eigenvalue weighted by Crippen LogP contribution is -2.36. The average molecular weight is 457 g/mol. The van der Waals surface area contributed by atoms with Crippen molar-refractivity contribution in [2.75, 3.05) is 46.3 Å². The number of morpholine rings is 1. The third kappa shape index (κ3) is 4.91. The van der Waals surface area contributed by atoms with Crippen LogP contribution in [-0.2, 0) is 11.3 Å². The van der Waals surface area contributed by atoms with Crippen molar-refractivity contribution >= 4 is 17.9 Å². The second-order valence-electron chi connectivity index (χ2n) is 6.97. The number of nitrogen functional groups attached to an aromatic ring is 1. The van der Waals surface area contributed by atoms with Gasteiger partial charge in [0.1, 0.15) is 17.2 Å². The molecule has 0 radical (unpaired) electrons. The van der Waals surface area contributed by atoms with E-state index in [1.807, 2.05) is 0 Å². The second-order valence-corrected chi connectivity index (χ2v) is 6.97. The van der Waals surface area contributed by atoms with E-state index in [4.69, 9.17) is 19.9 Å². The molecule has 0 unspecified atom stereocenters. The summed E-state index contributed by atoms with van der Waals surface area (Å²) in [4.78, 5) is 15.2. The van der Waals surface area contributed by atoms with E-state index in [2.05, 4.69) is 40.7 Å². The largest absolute Gasteiger partial charge is 0.497 e. The van der Waals surface area contributed by atoms with Crippen molar-refractivity contribution in [2.24, 2.45) is 5.10 Å². The topological polar surface area (TPSA) is 168 Å². The fourth-order valence-corrected chi connectivity index (χ4v) is 3.24. The molecule has 3 N–H and O–H groups in total. The fraction of sp³-hybridized carbons (Fsp3) is 0.368. The lowest BCUT2D eigenvalue weighted by atomic mass is 10.2. The van der Waals surface area contributed by atoms with E-state index in [9.17, 15) is 4.79 Å². The lowest BCUT2D eigenvalue weighted by molar-refractivity contribution is 0.0335. The van der Waals surface area contributed by atoms with Crippen molar-refractivity contribution < 1.29 is 23.6 Å². The van der Waals surface area contributed by atoms with E-state index in [-0.39, 0.29) is 17.3 Å². The van der Waals surface area contributed by atoms with Gasteiger partial charge >= 0.3 is 0 Å². The maximum Gasteiger partial charge on any atom is 0.292 e. The van der Waals surface area contributed by atoms with E-state index < -0.39 is 5.91 Å². The number of carbonyl (C=O) groups is 1. The Morgan fingerprint density at radius 1 is 1.27 bits per heavy atom. The summed E-state index contributed by atoms with van der Waals surface area (Å²) in [5.74, 6) is 0.637. The van der Waals surface area contributed by atoms with Crippen LogP contribution in [-0.4, -0.2) is 82.9 Å². The Hall–Kier alpha value is -4.04. The van der Waals surface area contributed by atoms with Crippen molar-refractivity contribution in [3.63, 3.8) is 0 Å². The van der Waals surface area contributed by atoms with Crippen molar-refractivity contribution in [3.8, 4) is 17.3 Å². The third-order valence-electron chi connectivity index (χ3n) is 4.94. The molecule has 4 rings (SSSR count). The number of hydrogen-bond donors (Lipinski definition) is 2. The highest BCUT2D eigenvalue weighted by molar-refractivity contribution is 5.95. The first-order valence-electron chi connectivity index (χ1n) is 9.99. The van der Waals surface area contributed by atoms with E-state index in [0.717, 1.165) is 0 Å². The predicted molar refractivity (Wildman–Crippen MR) is 114 cm³/mol. The molecule has 3 heterocycles. The van der Waals surface area contributed by atoms with Crippen LogP contribution in [0.1, 0.15) is 21.7 Å². The lowest BCUT2D eigenvalue weighted by Gasteiger charge is -2.25. The number of nitrogens with zero attached hydrogens (tertiary/aromatic N) is 7. The Morgan fingerprint density at radius 2 is 2.09 bits per heavy atom. The number of aromatic nitrogens is 5. The molecule has 1 aliphatic heterocycles. The number of anilines is 1. The molecule has 0 atom stereocenters. The molecular weight excluding hydrogens is 434 g/mol. The van der Waals surface area contributed by atoms with E-state index in [1.54, 1.807) is 25.3 Å². The summed E-state index contributed by atoms with van der Waals surface area (Å²) in [7, 11) is 3.09. The van der Waals surface area contributed by atoms with Crippen LogP contribution >= 0.6 is 0 Å². The molecule has 1 saturated heterocycles. The van der Waals surface area contributed by atoms with E-state index in [1.165, 1.54) is 18.0 Å². The zero-order valence-electron chi connectivity index (χ0n) is 18.1. The molecule has 14 heteroatoms. The number of hydrazone groups is 1. The normalized spacial score (nSPS) is 14.5. The maximum atomic E-state index is 13.1. The molecule has 2 aromatic heterocycles. The minimum atomic E-state index is -0.561. The molecule has 3 aromatic rings. The van der Waals surface area contributed by atoms with Gasteiger partial charge in [-0.25, -0.2) is 10.1 Å². The molecule has 0 aliphatic carbocycles. The van der Waals surface area contributed by atoms with Crippen LogP contribution in [0.3, 0.4) is 0 Å². The first-order chi connectivity index (χ1) is 16.1. The second kappa shape index (κ2) is 10.1. The van der Waals surface area contributed by atoms with Gasteiger partial charge in [-0.3, -0.25) is 9.69 Å². The molecule has 0 bridgehead atoms.